The minimum absolute atomic E-state index is 0.0784. The third-order valence-electron chi connectivity index (χ3n) is 2.08. The Balaban J connectivity index is 3.18. The first-order valence-corrected chi connectivity index (χ1v) is 6.99. The van der Waals surface area contributed by atoms with Crippen molar-refractivity contribution in [2.75, 3.05) is 5.33 Å². The van der Waals surface area contributed by atoms with Crippen molar-refractivity contribution in [1.29, 1.82) is 0 Å². The molecule has 112 valence electrons. The molecule has 0 fully saturated rings. The van der Waals surface area contributed by atoms with E-state index in [-0.39, 0.29) is 17.3 Å². The Labute approximate surface area is 122 Å². The molecule has 1 aromatic carbocycles. The molecule has 0 bridgehead atoms. The maximum Gasteiger partial charge on any atom is 0.446 e. The van der Waals surface area contributed by atoms with Gasteiger partial charge in [0.1, 0.15) is 5.78 Å². The minimum Gasteiger partial charge on any atom is -0.298 e. The zero-order valence-electron chi connectivity index (χ0n) is 9.61. The molecule has 0 spiro atoms. The molecule has 0 saturated heterocycles. The van der Waals surface area contributed by atoms with Crippen molar-refractivity contribution in [3.8, 4) is 0 Å². The van der Waals surface area contributed by atoms with Crippen molar-refractivity contribution >= 4 is 33.5 Å². The topological polar surface area (TPSA) is 17.1 Å². The number of benzene rings is 1. The summed E-state index contributed by atoms with van der Waals surface area (Å²) in [6.45, 7) is 0. The highest BCUT2D eigenvalue weighted by atomic mass is 79.9. The van der Waals surface area contributed by atoms with Crippen molar-refractivity contribution in [2.45, 2.75) is 23.0 Å². The summed E-state index contributed by atoms with van der Waals surface area (Å²) < 4.78 is 74.6. The van der Waals surface area contributed by atoms with E-state index in [2.05, 4.69) is 15.9 Å². The predicted molar refractivity (Wildman–Crippen MR) is 65.9 cm³/mol. The van der Waals surface area contributed by atoms with Gasteiger partial charge in [0, 0.05) is 11.3 Å². The first kappa shape index (κ1) is 17.4. The number of hydrogen-bond acceptors (Lipinski definition) is 2. The third-order valence-corrected chi connectivity index (χ3v) is 3.41. The predicted octanol–water partition coefficient (Wildman–Crippen LogP) is 4.82. The molecule has 0 aliphatic carbocycles. The average Bonchev–Trinajstić information content (AvgIpc) is 2.24. The molecule has 0 N–H and O–H groups in total. The standard InChI is InChI=1S/C11H7BrF6OS/c12-5-8(19)2-6-1-7(10(13,14)15)4-9(3-6)20-11(16,17)18/h1,3-4H,2,5H2. The summed E-state index contributed by atoms with van der Waals surface area (Å²) in [6, 6.07) is 2.04. The molecular formula is C11H7BrF6OS. The van der Waals surface area contributed by atoms with Gasteiger partial charge in [-0.2, -0.15) is 26.3 Å². The van der Waals surface area contributed by atoms with Crippen LogP contribution in [0.25, 0.3) is 0 Å². The summed E-state index contributed by atoms with van der Waals surface area (Å²) in [7, 11) is 0. The normalized spacial score (nSPS) is 12.6. The van der Waals surface area contributed by atoms with Gasteiger partial charge in [0.15, 0.2) is 0 Å². The Morgan fingerprint density at radius 3 is 2.15 bits per heavy atom. The second kappa shape index (κ2) is 6.38. The second-order valence-corrected chi connectivity index (χ2v) is 5.46. The van der Waals surface area contributed by atoms with E-state index in [0.29, 0.717) is 12.1 Å². The molecule has 1 nitrogen and oxygen atoms in total. The van der Waals surface area contributed by atoms with E-state index in [0.717, 1.165) is 6.07 Å². The Morgan fingerprint density at radius 2 is 1.70 bits per heavy atom. The number of hydrogen-bond donors (Lipinski definition) is 0. The molecule has 0 radical (unpaired) electrons. The smallest absolute Gasteiger partial charge is 0.298 e. The van der Waals surface area contributed by atoms with E-state index in [4.69, 9.17) is 0 Å². The van der Waals surface area contributed by atoms with Crippen LogP contribution in [0, 0.1) is 0 Å². The van der Waals surface area contributed by atoms with Gasteiger partial charge in [-0.15, -0.1) is 0 Å². The van der Waals surface area contributed by atoms with Crippen molar-refractivity contribution in [1.82, 2.24) is 0 Å². The summed E-state index contributed by atoms with van der Waals surface area (Å²) >= 11 is 2.20. The molecule has 0 saturated carbocycles. The van der Waals surface area contributed by atoms with Crippen LogP contribution in [0.15, 0.2) is 23.1 Å². The molecule has 0 heterocycles. The van der Waals surface area contributed by atoms with Gasteiger partial charge in [0.2, 0.25) is 0 Å². The fraction of sp³-hybridized carbons (Fsp3) is 0.364. The van der Waals surface area contributed by atoms with Gasteiger partial charge in [0.25, 0.3) is 0 Å². The molecule has 0 aromatic heterocycles. The van der Waals surface area contributed by atoms with Crippen LogP contribution in [0.4, 0.5) is 26.3 Å². The lowest BCUT2D eigenvalue weighted by molar-refractivity contribution is -0.137. The van der Waals surface area contributed by atoms with E-state index in [1.54, 1.807) is 0 Å². The van der Waals surface area contributed by atoms with Crippen LogP contribution < -0.4 is 0 Å². The Kier molecular flexibility index (Phi) is 5.54. The zero-order chi connectivity index (χ0) is 15.6. The van der Waals surface area contributed by atoms with Gasteiger partial charge in [-0.3, -0.25) is 4.79 Å². The molecule has 0 aliphatic heterocycles. The molecule has 0 aliphatic rings. The minimum atomic E-state index is -4.77. The lowest BCUT2D eigenvalue weighted by Gasteiger charge is -2.12. The van der Waals surface area contributed by atoms with Gasteiger partial charge in [-0.1, -0.05) is 15.9 Å². The molecule has 9 heteroatoms. The highest BCUT2D eigenvalue weighted by molar-refractivity contribution is 9.09. The number of halogens is 7. The van der Waals surface area contributed by atoms with E-state index in [1.807, 2.05) is 0 Å². The van der Waals surface area contributed by atoms with Crippen LogP contribution in [0.3, 0.4) is 0 Å². The van der Waals surface area contributed by atoms with Crippen LogP contribution in [-0.4, -0.2) is 16.6 Å². The summed E-state index contributed by atoms with van der Waals surface area (Å²) in [5.41, 5.74) is -6.00. The highest BCUT2D eigenvalue weighted by Gasteiger charge is 2.34. The van der Waals surface area contributed by atoms with Crippen LogP contribution in [0.2, 0.25) is 0 Å². The Hall–Kier alpha value is -0.700. The fourth-order valence-electron chi connectivity index (χ4n) is 1.39. The number of ketones is 1. The number of carbonyl (C=O) groups excluding carboxylic acids is 1. The van der Waals surface area contributed by atoms with Crippen molar-refractivity contribution in [2.24, 2.45) is 0 Å². The second-order valence-electron chi connectivity index (χ2n) is 3.76. The molecule has 1 aromatic rings. The maximum absolute atomic E-state index is 12.6. The lowest BCUT2D eigenvalue weighted by atomic mass is 10.1. The first-order chi connectivity index (χ1) is 9.01. The third kappa shape index (κ3) is 5.74. The fourth-order valence-corrected chi connectivity index (χ4v) is 2.26. The number of rotatable bonds is 4. The van der Waals surface area contributed by atoms with Gasteiger partial charge in [-0.05, 0) is 35.5 Å². The molecular weight excluding hydrogens is 374 g/mol. The van der Waals surface area contributed by atoms with E-state index in [9.17, 15) is 31.1 Å². The van der Waals surface area contributed by atoms with Crippen molar-refractivity contribution in [3.63, 3.8) is 0 Å². The van der Waals surface area contributed by atoms with Crippen LogP contribution >= 0.6 is 27.7 Å². The summed E-state index contributed by atoms with van der Waals surface area (Å²) in [5, 5.41) is -0.0784. The largest absolute Gasteiger partial charge is 0.446 e. The maximum atomic E-state index is 12.6. The SMILES string of the molecule is O=C(CBr)Cc1cc(SC(F)(F)F)cc(C(F)(F)F)c1. The molecule has 20 heavy (non-hydrogen) atoms. The quantitative estimate of drug-likeness (QED) is 0.423. The number of alkyl halides is 7. The first-order valence-electron chi connectivity index (χ1n) is 5.06. The van der Waals surface area contributed by atoms with Gasteiger partial charge in [0.05, 0.1) is 10.9 Å². The number of Topliss-reactive ketones (excluding diaryl/α,β-unsaturated/α-hetero) is 1. The zero-order valence-corrected chi connectivity index (χ0v) is 12.0. The van der Waals surface area contributed by atoms with Crippen LogP contribution in [-0.2, 0) is 17.4 Å². The molecule has 0 amide bonds. The van der Waals surface area contributed by atoms with Crippen LogP contribution in [0.5, 0.6) is 0 Å². The van der Waals surface area contributed by atoms with Gasteiger partial charge in [-0.25, -0.2) is 0 Å². The monoisotopic (exact) mass is 380 g/mol. The number of carbonyl (C=O) groups is 1. The van der Waals surface area contributed by atoms with E-state index in [1.165, 1.54) is 0 Å². The summed E-state index contributed by atoms with van der Waals surface area (Å²) in [6.07, 6.45) is -5.13. The Bertz CT molecular complexity index is 497. The van der Waals surface area contributed by atoms with E-state index < -0.39 is 39.7 Å². The van der Waals surface area contributed by atoms with Crippen molar-refractivity contribution in [3.05, 3.63) is 29.3 Å². The highest BCUT2D eigenvalue weighted by Crippen LogP contribution is 2.40. The molecule has 1 rings (SSSR count). The van der Waals surface area contributed by atoms with Gasteiger partial charge >= 0.3 is 11.7 Å². The molecule has 0 unspecified atom stereocenters. The van der Waals surface area contributed by atoms with E-state index >= 15 is 0 Å². The van der Waals surface area contributed by atoms with Gasteiger partial charge < -0.3 is 0 Å². The average molecular weight is 381 g/mol. The lowest BCUT2D eigenvalue weighted by Crippen LogP contribution is -2.09. The molecule has 0 atom stereocenters. The summed E-state index contributed by atoms with van der Waals surface area (Å²) in [4.78, 5) is 10.6. The number of thioether (sulfide) groups is 1. The summed E-state index contributed by atoms with van der Waals surface area (Å²) in [5.74, 6) is -0.424. The van der Waals surface area contributed by atoms with Crippen molar-refractivity contribution < 1.29 is 31.1 Å². The Morgan fingerprint density at radius 1 is 1.10 bits per heavy atom. The van der Waals surface area contributed by atoms with Crippen LogP contribution in [0.1, 0.15) is 11.1 Å².